The smallest absolute Gasteiger partial charge is 0.325 e. The van der Waals surface area contributed by atoms with Gasteiger partial charge in [0, 0.05) is 25.7 Å². The van der Waals surface area contributed by atoms with Crippen LogP contribution in [0, 0.1) is 5.41 Å². The van der Waals surface area contributed by atoms with Gasteiger partial charge in [0.25, 0.3) is 0 Å². The van der Waals surface area contributed by atoms with Gasteiger partial charge in [0.05, 0.1) is 12.2 Å². The van der Waals surface area contributed by atoms with Gasteiger partial charge in [-0.05, 0) is 37.5 Å². The quantitative estimate of drug-likeness (QED) is 0.338. The minimum Gasteiger partial charge on any atom is -0.382 e. The maximum atomic E-state index is 14.5. The van der Waals surface area contributed by atoms with Crippen LogP contribution in [0.2, 0.25) is 0 Å². The molecule has 1 aromatic carbocycles. The zero-order valence-corrected chi connectivity index (χ0v) is 19.0. The molecule has 7 nitrogen and oxygen atoms in total. The van der Waals surface area contributed by atoms with Crippen LogP contribution < -0.4 is 0 Å². The molecule has 1 aliphatic carbocycles. The fourth-order valence-corrected chi connectivity index (χ4v) is 5.00. The molecule has 1 heterocycles. The average molecular weight is 472 g/mol. The van der Waals surface area contributed by atoms with Gasteiger partial charge in [-0.25, -0.2) is 4.79 Å². The third-order valence-corrected chi connectivity index (χ3v) is 7.28. The SMILES string of the molecule is CN1CC(C=CC(O)C(F)(F)c2ccccc2)N(CCCC2(CCP(=O)(O)O)CC2)C1=O. The number of aliphatic hydroxyl groups excluding tert-OH is 1. The van der Waals surface area contributed by atoms with Gasteiger partial charge >= 0.3 is 19.5 Å². The number of halogens is 2. The molecule has 2 amide bonds. The Bertz CT molecular complexity index is 872. The summed E-state index contributed by atoms with van der Waals surface area (Å²) in [5.74, 6) is -3.45. The molecule has 2 aliphatic rings. The first-order valence-electron chi connectivity index (χ1n) is 10.8. The fraction of sp³-hybridized carbons (Fsp3) is 0.591. The standard InChI is InChI=1S/C22H31F2N2O5P/c1-25-16-18(8-9-19(27)22(23,24)17-6-3-2-4-7-17)26(20(25)28)14-5-10-21(11-12-21)13-15-32(29,30)31/h2-4,6-9,18-19,27H,5,10-16H2,1H3,(H2,29,30,31). The van der Waals surface area contributed by atoms with Crippen LogP contribution in [-0.2, 0) is 10.5 Å². The normalized spacial score (nSPS) is 22.1. The second-order valence-corrected chi connectivity index (χ2v) is 10.8. The van der Waals surface area contributed by atoms with Crippen molar-refractivity contribution in [3.63, 3.8) is 0 Å². The van der Waals surface area contributed by atoms with Crippen LogP contribution in [0.25, 0.3) is 0 Å². The van der Waals surface area contributed by atoms with Crippen molar-refractivity contribution in [1.29, 1.82) is 0 Å². The van der Waals surface area contributed by atoms with E-state index in [-0.39, 0.29) is 23.2 Å². The number of amides is 2. The lowest BCUT2D eigenvalue weighted by Gasteiger charge is -2.24. The van der Waals surface area contributed by atoms with Gasteiger partial charge in [-0.15, -0.1) is 0 Å². The Morgan fingerprint density at radius 1 is 1.25 bits per heavy atom. The number of urea groups is 1. The molecule has 1 aliphatic heterocycles. The summed E-state index contributed by atoms with van der Waals surface area (Å²) in [6.45, 7) is 0.753. The number of rotatable bonds is 11. The minimum absolute atomic E-state index is 0.0605. The molecular formula is C22H31F2N2O5P. The number of benzene rings is 1. The van der Waals surface area contributed by atoms with Crippen molar-refractivity contribution in [2.45, 2.75) is 50.2 Å². The van der Waals surface area contributed by atoms with Crippen LogP contribution in [0.4, 0.5) is 13.6 Å². The Balaban J connectivity index is 1.57. The molecule has 178 valence electrons. The van der Waals surface area contributed by atoms with Crippen LogP contribution in [0.1, 0.15) is 37.7 Å². The van der Waals surface area contributed by atoms with Gasteiger partial charge in [-0.1, -0.05) is 42.5 Å². The number of carbonyl (C=O) groups excluding carboxylic acids is 1. The Labute approximate surface area is 186 Å². The van der Waals surface area contributed by atoms with Crippen molar-refractivity contribution in [2.24, 2.45) is 5.41 Å². The summed E-state index contributed by atoms with van der Waals surface area (Å²) in [5, 5.41) is 10.1. The third kappa shape index (κ3) is 6.16. The summed E-state index contributed by atoms with van der Waals surface area (Å²) >= 11 is 0. The van der Waals surface area contributed by atoms with E-state index in [1.807, 2.05) is 0 Å². The van der Waals surface area contributed by atoms with E-state index in [1.165, 1.54) is 35.2 Å². The first-order chi connectivity index (χ1) is 14.9. The second-order valence-electron chi connectivity index (χ2n) is 8.98. The van der Waals surface area contributed by atoms with Crippen molar-refractivity contribution in [3.8, 4) is 0 Å². The van der Waals surface area contributed by atoms with Crippen LogP contribution in [0.5, 0.6) is 0 Å². The number of likely N-dealkylation sites (N-methyl/N-ethyl adjacent to an activating group) is 1. The van der Waals surface area contributed by atoms with E-state index >= 15 is 0 Å². The van der Waals surface area contributed by atoms with Crippen molar-refractivity contribution >= 4 is 13.6 Å². The van der Waals surface area contributed by atoms with Crippen molar-refractivity contribution in [2.75, 3.05) is 26.3 Å². The molecule has 32 heavy (non-hydrogen) atoms. The Morgan fingerprint density at radius 2 is 1.91 bits per heavy atom. The van der Waals surface area contributed by atoms with Crippen LogP contribution in [0.3, 0.4) is 0 Å². The van der Waals surface area contributed by atoms with Gasteiger partial charge in [-0.2, -0.15) is 8.78 Å². The van der Waals surface area contributed by atoms with Gasteiger partial charge < -0.3 is 24.7 Å². The summed E-state index contributed by atoms with van der Waals surface area (Å²) in [7, 11) is -2.38. The summed E-state index contributed by atoms with van der Waals surface area (Å²) in [5.41, 5.74) is -0.339. The van der Waals surface area contributed by atoms with E-state index in [4.69, 9.17) is 9.79 Å². The number of hydrogen-bond donors (Lipinski definition) is 3. The van der Waals surface area contributed by atoms with Gasteiger partial charge in [0.1, 0.15) is 6.10 Å². The zero-order valence-electron chi connectivity index (χ0n) is 18.1. The fourth-order valence-electron chi connectivity index (χ4n) is 4.24. The van der Waals surface area contributed by atoms with Crippen molar-refractivity contribution in [1.82, 2.24) is 9.80 Å². The number of nitrogens with zero attached hydrogens (tertiary/aromatic N) is 2. The summed E-state index contributed by atoms with van der Waals surface area (Å²) in [6, 6.07) is 6.48. The predicted octanol–water partition coefficient (Wildman–Crippen LogP) is 3.56. The number of carbonyl (C=O) groups is 1. The summed E-state index contributed by atoms with van der Waals surface area (Å²) in [4.78, 5) is 33.8. The molecule has 10 heteroatoms. The lowest BCUT2D eigenvalue weighted by molar-refractivity contribution is -0.0929. The largest absolute Gasteiger partial charge is 0.382 e. The van der Waals surface area contributed by atoms with Crippen molar-refractivity contribution < 1.29 is 33.0 Å². The van der Waals surface area contributed by atoms with E-state index in [1.54, 1.807) is 18.0 Å². The minimum atomic E-state index is -4.02. The average Bonchev–Trinajstić information content (AvgIpc) is 3.47. The number of aliphatic hydroxyl groups is 1. The zero-order chi connectivity index (χ0) is 23.6. The van der Waals surface area contributed by atoms with E-state index in [0.29, 0.717) is 25.9 Å². The van der Waals surface area contributed by atoms with E-state index < -0.39 is 25.7 Å². The summed E-state index contributed by atoms with van der Waals surface area (Å²) < 4.78 is 40.2. The van der Waals surface area contributed by atoms with Gasteiger partial charge in [0.2, 0.25) is 0 Å². The first-order valence-corrected chi connectivity index (χ1v) is 12.6. The highest BCUT2D eigenvalue weighted by Crippen LogP contribution is 2.55. The van der Waals surface area contributed by atoms with E-state index in [0.717, 1.165) is 25.3 Å². The van der Waals surface area contributed by atoms with Gasteiger partial charge in [0.15, 0.2) is 0 Å². The number of alkyl halides is 2. The molecule has 0 aromatic heterocycles. The lowest BCUT2D eigenvalue weighted by Crippen LogP contribution is -2.35. The van der Waals surface area contributed by atoms with Crippen LogP contribution >= 0.6 is 7.60 Å². The van der Waals surface area contributed by atoms with Crippen molar-refractivity contribution in [3.05, 3.63) is 48.0 Å². The highest BCUT2D eigenvalue weighted by molar-refractivity contribution is 7.51. The molecule has 3 rings (SSSR count). The Morgan fingerprint density at radius 3 is 2.50 bits per heavy atom. The van der Waals surface area contributed by atoms with E-state index in [2.05, 4.69) is 0 Å². The highest BCUT2D eigenvalue weighted by atomic mass is 31.2. The molecule has 1 aromatic rings. The topological polar surface area (TPSA) is 101 Å². The molecule has 0 radical (unpaired) electrons. The maximum absolute atomic E-state index is 14.5. The Hall–Kier alpha value is -1.80. The molecule has 0 bridgehead atoms. The molecule has 2 unspecified atom stereocenters. The molecule has 1 saturated heterocycles. The maximum Gasteiger partial charge on any atom is 0.325 e. The highest BCUT2D eigenvalue weighted by Gasteiger charge is 2.43. The molecule has 0 spiro atoms. The van der Waals surface area contributed by atoms with Crippen LogP contribution in [-0.4, -0.2) is 69.2 Å². The van der Waals surface area contributed by atoms with Gasteiger partial charge in [-0.3, -0.25) is 4.57 Å². The van der Waals surface area contributed by atoms with Crippen LogP contribution in [0.15, 0.2) is 42.5 Å². The molecule has 2 atom stereocenters. The monoisotopic (exact) mass is 472 g/mol. The number of hydrogen-bond acceptors (Lipinski definition) is 3. The third-order valence-electron chi connectivity index (χ3n) is 6.48. The Kier molecular flexibility index (Phi) is 7.44. The second kappa shape index (κ2) is 9.59. The first kappa shape index (κ1) is 24.8. The lowest BCUT2D eigenvalue weighted by atomic mass is 9.97. The molecule has 2 fully saturated rings. The summed E-state index contributed by atoms with van der Waals surface area (Å²) in [6.07, 6.45) is 4.10. The molecule has 1 saturated carbocycles. The van der Waals surface area contributed by atoms with E-state index in [9.17, 15) is 23.2 Å². The molecule has 3 N–H and O–H groups in total. The predicted molar refractivity (Wildman–Crippen MR) is 116 cm³/mol. The molecular weight excluding hydrogens is 441 g/mol.